The van der Waals surface area contributed by atoms with E-state index in [1.165, 1.54) is 0 Å². The zero-order chi connectivity index (χ0) is 14.5. The van der Waals surface area contributed by atoms with Crippen molar-refractivity contribution in [3.05, 3.63) is 18.0 Å². The Morgan fingerprint density at radius 1 is 1.40 bits per heavy atom. The molecule has 5 heteroatoms. The van der Waals surface area contributed by atoms with Gasteiger partial charge in [0.15, 0.2) is 11.5 Å². The highest BCUT2D eigenvalue weighted by Gasteiger charge is 2.25. The number of methoxy groups -OCH3 is 2. The van der Waals surface area contributed by atoms with Gasteiger partial charge in [-0.15, -0.1) is 0 Å². The molecule has 0 spiro atoms. The molecular weight excluding hydrogens is 254 g/mol. The maximum absolute atomic E-state index is 5.47. The number of ether oxygens (including phenoxy) is 2. The Kier molecular flexibility index (Phi) is 5.20. The fourth-order valence-corrected chi connectivity index (χ4v) is 2.64. The summed E-state index contributed by atoms with van der Waals surface area (Å²) in [6.07, 6.45) is 2.92. The normalized spacial score (nSPS) is 23.6. The lowest BCUT2D eigenvalue weighted by Gasteiger charge is -2.38. The Labute approximate surface area is 121 Å². The standard InChI is InChI=1S/C15H25N3O2/c1-5-12-9-18(11(2)8-17-12)10-13-15(20-4)14(19-3)6-7-16-13/h6-7,11-12,17H,5,8-10H2,1-4H3. The third-order valence-electron chi connectivity index (χ3n) is 3.99. The van der Waals surface area contributed by atoms with Gasteiger partial charge in [-0.3, -0.25) is 9.88 Å². The van der Waals surface area contributed by atoms with E-state index in [9.17, 15) is 0 Å². The summed E-state index contributed by atoms with van der Waals surface area (Å²) >= 11 is 0. The highest BCUT2D eigenvalue weighted by atomic mass is 16.5. The molecule has 1 N–H and O–H groups in total. The van der Waals surface area contributed by atoms with Crippen LogP contribution in [0.5, 0.6) is 11.5 Å². The second kappa shape index (κ2) is 6.90. The van der Waals surface area contributed by atoms with Crippen LogP contribution < -0.4 is 14.8 Å². The minimum atomic E-state index is 0.496. The summed E-state index contributed by atoms with van der Waals surface area (Å²) in [6.45, 7) is 7.31. The lowest BCUT2D eigenvalue weighted by atomic mass is 10.1. The van der Waals surface area contributed by atoms with Gasteiger partial charge in [-0.1, -0.05) is 6.92 Å². The van der Waals surface area contributed by atoms with E-state index in [1.807, 2.05) is 6.07 Å². The Bertz CT molecular complexity index is 439. The lowest BCUT2D eigenvalue weighted by molar-refractivity contribution is 0.128. The largest absolute Gasteiger partial charge is 0.493 e. The maximum Gasteiger partial charge on any atom is 0.183 e. The van der Waals surface area contributed by atoms with Gasteiger partial charge in [-0.25, -0.2) is 0 Å². The number of hydrogen-bond donors (Lipinski definition) is 1. The third-order valence-corrected chi connectivity index (χ3v) is 3.99. The first-order valence-electron chi connectivity index (χ1n) is 7.22. The van der Waals surface area contributed by atoms with E-state index < -0.39 is 0 Å². The Morgan fingerprint density at radius 3 is 2.85 bits per heavy atom. The molecule has 2 unspecified atom stereocenters. The summed E-state index contributed by atoms with van der Waals surface area (Å²) in [4.78, 5) is 6.92. The number of aromatic nitrogens is 1. The number of rotatable bonds is 5. The SMILES string of the molecule is CCC1CN(Cc2nccc(OC)c2OC)C(C)CN1. The van der Waals surface area contributed by atoms with E-state index in [2.05, 4.69) is 29.0 Å². The van der Waals surface area contributed by atoms with E-state index in [1.54, 1.807) is 20.4 Å². The van der Waals surface area contributed by atoms with Crippen LogP contribution in [0, 0.1) is 0 Å². The molecule has 1 aromatic rings. The van der Waals surface area contributed by atoms with Crippen LogP contribution in [0.25, 0.3) is 0 Å². The van der Waals surface area contributed by atoms with Crippen LogP contribution in [0.2, 0.25) is 0 Å². The van der Waals surface area contributed by atoms with Crippen LogP contribution in [-0.2, 0) is 6.54 Å². The Morgan fingerprint density at radius 2 is 2.20 bits per heavy atom. The summed E-state index contributed by atoms with van der Waals surface area (Å²) in [7, 11) is 3.32. The summed E-state index contributed by atoms with van der Waals surface area (Å²) < 4.78 is 10.8. The summed E-state index contributed by atoms with van der Waals surface area (Å²) in [5.41, 5.74) is 0.940. The highest BCUT2D eigenvalue weighted by Crippen LogP contribution is 2.30. The highest BCUT2D eigenvalue weighted by molar-refractivity contribution is 5.42. The molecule has 2 heterocycles. The van der Waals surface area contributed by atoms with Crippen molar-refractivity contribution in [1.29, 1.82) is 0 Å². The molecule has 0 bridgehead atoms. The molecule has 2 atom stereocenters. The van der Waals surface area contributed by atoms with E-state index in [-0.39, 0.29) is 0 Å². The van der Waals surface area contributed by atoms with E-state index in [4.69, 9.17) is 9.47 Å². The van der Waals surface area contributed by atoms with Crippen molar-refractivity contribution in [2.24, 2.45) is 0 Å². The first-order chi connectivity index (χ1) is 9.69. The molecule has 2 rings (SSSR count). The molecule has 1 aliphatic heterocycles. The van der Waals surface area contributed by atoms with Gasteiger partial charge >= 0.3 is 0 Å². The van der Waals surface area contributed by atoms with Gasteiger partial charge in [0.25, 0.3) is 0 Å². The average Bonchev–Trinajstić information content (AvgIpc) is 2.49. The second-order valence-electron chi connectivity index (χ2n) is 5.29. The van der Waals surface area contributed by atoms with Gasteiger partial charge in [-0.05, 0) is 13.3 Å². The first kappa shape index (κ1) is 15.1. The molecule has 0 aromatic carbocycles. The van der Waals surface area contributed by atoms with Gasteiger partial charge in [0, 0.05) is 44.0 Å². The fourth-order valence-electron chi connectivity index (χ4n) is 2.64. The van der Waals surface area contributed by atoms with Crippen LogP contribution in [0.1, 0.15) is 26.0 Å². The molecule has 0 aliphatic carbocycles. The molecule has 1 aromatic heterocycles. The van der Waals surface area contributed by atoms with Crippen molar-refractivity contribution in [3.63, 3.8) is 0 Å². The number of nitrogens with zero attached hydrogens (tertiary/aromatic N) is 2. The summed E-state index contributed by atoms with van der Waals surface area (Å²) in [5.74, 6) is 1.49. The topological polar surface area (TPSA) is 46.6 Å². The zero-order valence-corrected chi connectivity index (χ0v) is 12.8. The lowest BCUT2D eigenvalue weighted by Crippen LogP contribution is -2.54. The second-order valence-corrected chi connectivity index (χ2v) is 5.29. The minimum Gasteiger partial charge on any atom is -0.493 e. The van der Waals surface area contributed by atoms with Gasteiger partial charge in [0.2, 0.25) is 0 Å². The molecule has 1 fully saturated rings. The number of nitrogens with one attached hydrogen (secondary N) is 1. The van der Waals surface area contributed by atoms with Crippen molar-refractivity contribution in [1.82, 2.24) is 15.2 Å². The Hall–Kier alpha value is -1.33. The smallest absolute Gasteiger partial charge is 0.183 e. The van der Waals surface area contributed by atoms with Crippen molar-refractivity contribution >= 4 is 0 Å². The minimum absolute atomic E-state index is 0.496. The zero-order valence-electron chi connectivity index (χ0n) is 12.8. The van der Waals surface area contributed by atoms with Crippen molar-refractivity contribution in [3.8, 4) is 11.5 Å². The van der Waals surface area contributed by atoms with Crippen LogP contribution >= 0.6 is 0 Å². The van der Waals surface area contributed by atoms with Crippen LogP contribution in [-0.4, -0.2) is 49.3 Å². The van der Waals surface area contributed by atoms with Crippen molar-refractivity contribution in [2.75, 3.05) is 27.3 Å². The van der Waals surface area contributed by atoms with Crippen molar-refractivity contribution in [2.45, 2.75) is 38.9 Å². The molecule has 0 saturated carbocycles. The maximum atomic E-state index is 5.47. The first-order valence-corrected chi connectivity index (χ1v) is 7.22. The Balaban J connectivity index is 2.16. The van der Waals surface area contributed by atoms with Crippen LogP contribution in [0.4, 0.5) is 0 Å². The van der Waals surface area contributed by atoms with Gasteiger partial charge in [0.05, 0.1) is 14.2 Å². The molecule has 0 amide bonds. The molecule has 1 saturated heterocycles. The molecule has 5 nitrogen and oxygen atoms in total. The van der Waals surface area contributed by atoms with E-state index in [0.29, 0.717) is 12.1 Å². The molecule has 112 valence electrons. The molecule has 20 heavy (non-hydrogen) atoms. The number of pyridine rings is 1. The van der Waals surface area contributed by atoms with E-state index in [0.717, 1.165) is 43.2 Å². The number of hydrogen-bond acceptors (Lipinski definition) is 5. The molecule has 0 radical (unpaired) electrons. The average molecular weight is 279 g/mol. The summed E-state index contributed by atoms with van der Waals surface area (Å²) in [5, 5.41) is 3.57. The van der Waals surface area contributed by atoms with Crippen LogP contribution in [0.3, 0.4) is 0 Å². The van der Waals surface area contributed by atoms with Gasteiger partial charge in [0.1, 0.15) is 5.69 Å². The van der Waals surface area contributed by atoms with Gasteiger partial charge in [-0.2, -0.15) is 0 Å². The van der Waals surface area contributed by atoms with E-state index >= 15 is 0 Å². The monoisotopic (exact) mass is 279 g/mol. The fraction of sp³-hybridized carbons (Fsp3) is 0.667. The molecule has 1 aliphatic rings. The number of piperazine rings is 1. The summed E-state index contributed by atoms with van der Waals surface area (Å²) in [6, 6.07) is 2.89. The predicted octanol–water partition coefficient (Wildman–Crippen LogP) is 1.67. The molecular formula is C15H25N3O2. The van der Waals surface area contributed by atoms with Crippen LogP contribution in [0.15, 0.2) is 12.3 Å². The quantitative estimate of drug-likeness (QED) is 0.888. The van der Waals surface area contributed by atoms with Crippen molar-refractivity contribution < 1.29 is 9.47 Å². The predicted molar refractivity (Wildman–Crippen MR) is 79.3 cm³/mol. The van der Waals surface area contributed by atoms with Gasteiger partial charge < -0.3 is 14.8 Å². The third kappa shape index (κ3) is 3.22.